The van der Waals surface area contributed by atoms with Gasteiger partial charge in [0, 0.05) is 32.1 Å². The zero-order valence-electron chi connectivity index (χ0n) is 26.1. The summed E-state index contributed by atoms with van der Waals surface area (Å²) in [5, 5.41) is 10.5. The number of allylic oxidation sites excluding steroid dienone is 1. The molecule has 4 aromatic rings. The number of aromatic nitrogens is 3. The lowest BCUT2D eigenvalue weighted by Gasteiger charge is -2.30. The summed E-state index contributed by atoms with van der Waals surface area (Å²) in [7, 11) is 0. The van der Waals surface area contributed by atoms with Crippen molar-refractivity contribution in [1.29, 1.82) is 0 Å². The van der Waals surface area contributed by atoms with E-state index in [1.807, 2.05) is 56.3 Å². The molecule has 3 aromatic carbocycles. The van der Waals surface area contributed by atoms with E-state index in [2.05, 4.69) is 5.32 Å². The number of benzene rings is 3. The molecule has 2 aliphatic rings. The van der Waals surface area contributed by atoms with Crippen molar-refractivity contribution < 1.29 is 19.0 Å². The second kappa shape index (κ2) is 15.2. The van der Waals surface area contributed by atoms with Gasteiger partial charge in [-0.3, -0.25) is 0 Å². The van der Waals surface area contributed by atoms with E-state index in [4.69, 9.17) is 59.1 Å². The van der Waals surface area contributed by atoms with Crippen molar-refractivity contribution in [2.75, 3.05) is 11.9 Å². The van der Waals surface area contributed by atoms with Gasteiger partial charge in [-0.15, -0.1) is 5.10 Å². The predicted molar refractivity (Wildman–Crippen MR) is 187 cm³/mol. The standard InChI is InChI=1S/C35H35Cl3N4O4S/c1-3-44-30-18-22(16-17-29(30)45-19-25-27(37)14-9-15-28(25)38)32-31(33(43)46-24-11-5-4-6-12-24)21(2)39-34-40-35(41-42(32)34)47-20-23-10-7-8-13-26(23)36/h7-10,13-18,24,32H,3-6,11-12,19-20H2,1-2H3,(H,39,40,41). The molecular weight excluding hydrogens is 679 g/mol. The summed E-state index contributed by atoms with van der Waals surface area (Å²) in [6, 6.07) is 18.0. The van der Waals surface area contributed by atoms with Gasteiger partial charge in [0.05, 0.1) is 12.2 Å². The average molecular weight is 714 g/mol. The number of carbonyl (C=O) groups excluding carboxylic acids is 1. The molecule has 6 rings (SSSR count). The molecule has 1 saturated carbocycles. The number of hydrogen-bond acceptors (Lipinski definition) is 8. The lowest BCUT2D eigenvalue weighted by Crippen LogP contribution is -2.32. The van der Waals surface area contributed by atoms with Crippen LogP contribution >= 0.6 is 46.6 Å². The molecule has 12 heteroatoms. The Morgan fingerprint density at radius 2 is 1.70 bits per heavy atom. The van der Waals surface area contributed by atoms with E-state index in [-0.39, 0.29) is 18.7 Å². The number of ether oxygens (including phenoxy) is 3. The highest BCUT2D eigenvalue weighted by Gasteiger charge is 2.37. The molecule has 1 N–H and O–H groups in total. The fourth-order valence-corrected chi connectivity index (χ4v) is 7.44. The molecule has 1 atom stereocenters. The molecule has 1 fully saturated rings. The quantitative estimate of drug-likeness (QED) is 0.122. The zero-order valence-corrected chi connectivity index (χ0v) is 29.2. The van der Waals surface area contributed by atoms with Gasteiger partial charge < -0.3 is 19.5 Å². The Balaban J connectivity index is 1.34. The van der Waals surface area contributed by atoms with Crippen LogP contribution in [-0.2, 0) is 21.9 Å². The Labute approximate surface area is 293 Å². The minimum atomic E-state index is -0.629. The van der Waals surface area contributed by atoms with Crippen molar-refractivity contribution in [2.45, 2.75) is 75.6 Å². The highest BCUT2D eigenvalue weighted by Crippen LogP contribution is 2.41. The summed E-state index contributed by atoms with van der Waals surface area (Å²) < 4.78 is 20.1. The number of halogens is 3. The fourth-order valence-electron chi connectivity index (χ4n) is 5.82. The Kier molecular flexibility index (Phi) is 10.9. The summed E-state index contributed by atoms with van der Waals surface area (Å²) >= 11 is 20.7. The summed E-state index contributed by atoms with van der Waals surface area (Å²) in [6.07, 6.45) is 4.88. The van der Waals surface area contributed by atoms with Gasteiger partial charge in [0.25, 0.3) is 0 Å². The molecule has 1 aromatic heterocycles. The summed E-state index contributed by atoms with van der Waals surface area (Å²) in [6.45, 7) is 4.33. The van der Waals surface area contributed by atoms with Crippen LogP contribution in [0, 0.1) is 0 Å². The number of nitrogens with zero attached hydrogens (tertiary/aromatic N) is 3. The number of thioether (sulfide) groups is 1. The monoisotopic (exact) mass is 712 g/mol. The number of anilines is 1. The van der Waals surface area contributed by atoms with Crippen molar-refractivity contribution >= 4 is 58.5 Å². The van der Waals surface area contributed by atoms with Gasteiger partial charge in [-0.25, -0.2) is 9.48 Å². The highest BCUT2D eigenvalue weighted by atomic mass is 35.5. The van der Waals surface area contributed by atoms with Gasteiger partial charge >= 0.3 is 5.97 Å². The molecule has 1 unspecified atom stereocenters. The third-order valence-corrected chi connectivity index (χ3v) is 10.2. The molecule has 246 valence electrons. The molecule has 2 heterocycles. The molecule has 0 spiro atoms. The predicted octanol–water partition coefficient (Wildman–Crippen LogP) is 9.67. The van der Waals surface area contributed by atoms with Gasteiger partial charge in [-0.05, 0) is 81.0 Å². The maximum absolute atomic E-state index is 13.9. The second-order valence-electron chi connectivity index (χ2n) is 11.4. The van der Waals surface area contributed by atoms with Crippen LogP contribution in [0.1, 0.15) is 68.7 Å². The lowest BCUT2D eigenvalue weighted by atomic mass is 9.94. The third kappa shape index (κ3) is 7.70. The minimum absolute atomic E-state index is 0.109. The normalized spacial score (nSPS) is 16.4. The maximum atomic E-state index is 13.9. The van der Waals surface area contributed by atoms with Crippen LogP contribution in [0.3, 0.4) is 0 Å². The molecular formula is C35H35Cl3N4O4S. The number of hydrogen-bond donors (Lipinski definition) is 1. The summed E-state index contributed by atoms with van der Waals surface area (Å²) in [4.78, 5) is 18.7. The first kappa shape index (κ1) is 33.5. The Bertz CT molecular complexity index is 1770. The largest absolute Gasteiger partial charge is 0.490 e. The van der Waals surface area contributed by atoms with E-state index >= 15 is 0 Å². The Morgan fingerprint density at radius 3 is 2.45 bits per heavy atom. The fraction of sp³-hybridized carbons (Fsp3) is 0.343. The van der Waals surface area contributed by atoms with Crippen LogP contribution in [0.2, 0.25) is 15.1 Å². The molecule has 1 aliphatic carbocycles. The highest BCUT2D eigenvalue weighted by molar-refractivity contribution is 7.98. The molecule has 47 heavy (non-hydrogen) atoms. The first-order chi connectivity index (χ1) is 22.8. The zero-order chi connectivity index (χ0) is 32.9. The smallest absolute Gasteiger partial charge is 0.338 e. The van der Waals surface area contributed by atoms with E-state index in [1.165, 1.54) is 11.8 Å². The van der Waals surface area contributed by atoms with Gasteiger partial charge in [-0.2, -0.15) is 4.98 Å². The van der Waals surface area contributed by atoms with Crippen molar-refractivity contribution in [1.82, 2.24) is 14.8 Å². The van der Waals surface area contributed by atoms with Gasteiger partial charge in [0.2, 0.25) is 11.1 Å². The van der Waals surface area contributed by atoms with Crippen LogP contribution in [0.15, 0.2) is 77.1 Å². The van der Waals surface area contributed by atoms with Crippen molar-refractivity contribution in [3.63, 3.8) is 0 Å². The molecule has 8 nitrogen and oxygen atoms in total. The number of fused-ring (bicyclic) bond motifs is 1. The summed E-state index contributed by atoms with van der Waals surface area (Å²) in [5.41, 5.74) is 3.56. The molecule has 0 bridgehead atoms. The maximum Gasteiger partial charge on any atom is 0.338 e. The first-order valence-electron chi connectivity index (χ1n) is 15.7. The average Bonchev–Trinajstić information content (AvgIpc) is 3.47. The van der Waals surface area contributed by atoms with Crippen molar-refractivity contribution in [2.24, 2.45) is 0 Å². The van der Waals surface area contributed by atoms with Crippen LogP contribution in [0.4, 0.5) is 5.95 Å². The lowest BCUT2D eigenvalue weighted by molar-refractivity contribution is -0.146. The molecule has 0 saturated heterocycles. The topological polar surface area (TPSA) is 87.5 Å². The van der Waals surface area contributed by atoms with Gasteiger partial charge in [-0.1, -0.05) is 83.3 Å². The van der Waals surface area contributed by atoms with Gasteiger partial charge in [0.15, 0.2) is 11.5 Å². The van der Waals surface area contributed by atoms with E-state index in [0.29, 0.717) is 66.9 Å². The number of nitrogens with one attached hydrogen (secondary N) is 1. The number of carbonyl (C=O) groups is 1. The van der Waals surface area contributed by atoms with Crippen LogP contribution in [0.5, 0.6) is 11.5 Å². The third-order valence-electron chi connectivity index (χ3n) is 8.21. The van der Waals surface area contributed by atoms with Crippen molar-refractivity contribution in [3.05, 3.63) is 104 Å². The van der Waals surface area contributed by atoms with E-state index in [0.717, 1.165) is 43.2 Å². The Hall–Kier alpha value is -3.37. The SMILES string of the molecule is CCOc1cc(C2C(C(=O)OC3CCCCC3)=C(C)Nc3nc(SCc4ccccc4Cl)nn32)ccc1OCc1c(Cl)cccc1Cl. The second-order valence-corrected chi connectivity index (χ2v) is 13.6. The molecule has 0 radical (unpaired) electrons. The number of esters is 1. The van der Waals surface area contributed by atoms with Crippen LogP contribution in [-0.4, -0.2) is 33.4 Å². The first-order valence-corrected chi connectivity index (χ1v) is 17.8. The number of rotatable bonds is 11. The summed E-state index contributed by atoms with van der Waals surface area (Å²) in [5.74, 6) is 1.77. The van der Waals surface area contributed by atoms with E-state index < -0.39 is 6.04 Å². The van der Waals surface area contributed by atoms with E-state index in [9.17, 15) is 4.79 Å². The van der Waals surface area contributed by atoms with Gasteiger partial charge in [0.1, 0.15) is 18.8 Å². The van der Waals surface area contributed by atoms with E-state index in [1.54, 1.807) is 22.9 Å². The molecule has 1 aliphatic heterocycles. The Morgan fingerprint density at radius 1 is 0.957 bits per heavy atom. The van der Waals surface area contributed by atoms with Crippen LogP contribution < -0.4 is 14.8 Å². The van der Waals surface area contributed by atoms with Crippen LogP contribution in [0.25, 0.3) is 0 Å². The van der Waals surface area contributed by atoms with Crippen molar-refractivity contribution in [3.8, 4) is 11.5 Å². The minimum Gasteiger partial charge on any atom is -0.490 e. The molecule has 0 amide bonds.